The lowest BCUT2D eigenvalue weighted by atomic mass is 9.72. The minimum absolute atomic E-state index is 0.249. The van der Waals surface area contributed by atoms with Gasteiger partial charge in [0.1, 0.15) is 0 Å². The molecule has 2 aliphatic rings. The third-order valence-corrected chi connectivity index (χ3v) is 5.12. The Hall–Kier alpha value is -1.35. The van der Waals surface area contributed by atoms with E-state index in [0.29, 0.717) is 12.0 Å². The Bertz CT molecular complexity index is 479. The molecule has 1 saturated heterocycles. The van der Waals surface area contributed by atoms with Gasteiger partial charge in [0, 0.05) is 6.04 Å². The zero-order valence-electron chi connectivity index (χ0n) is 12.9. The van der Waals surface area contributed by atoms with Gasteiger partial charge in [-0.1, -0.05) is 43.7 Å². The van der Waals surface area contributed by atoms with Crippen LogP contribution in [0, 0.1) is 5.92 Å². The second-order valence-corrected chi connectivity index (χ2v) is 6.56. The average molecular weight is 286 g/mol. The van der Waals surface area contributed by atoms with Crippen LogP contribution in [0.2, 0.25) is 0 Å². The Balaban J connectivity index is 1.75. The van der Waals surface area contributed by atoms with Gasteiger partial charge in [-0.2, -0.15) is 0 Å². The van der Waals surface area contributed by atoms with Crippen molar-refractivity contribution >= 4 is 5.91 Å². The molecule has 2 N–H and O–H groups in total. The third-order valence-electron chi connectivity index (χ3n) is 5.12. The molecule has 0 spiro atoms. The van der Waals surface area contributed by atoms with Crippen LogP contribution in [0.1, 0.15) is 44.6 Å². The fourth-order valence-electron chi connectivity index (χ4n) is 3.68. The first kappa shape index (κ1) is 14.6. The average Bonchev–Trinajstić information content (AvgIpc) is 3.27. The van der Waals surface area contributed by atoms with Crippen molar-refractivity contribution in [2.24, 2.45) is 5.92 Å². The molecule has 1 aliphatic heterocycles. The normalized spacial score (nSPS) is 27.1. The van der Waals surface area contributed by atoms with Crippen LogP contribution in [0.15, 0.2) is 30.3 Å². The summed E-state index contributed by atoms with van der Waals surface area (Å²) >= 11 is 0. The summed E-state index contributed by atoms with van der Waals surface area (Å²) in [6.07, 6.45) is 5.42. The molecule has 1 aliphatic carbocycles. The largest absolute Gasteiger partial charge is 0.352 e. The quantitative estimate of drug-likeness (QED) is 0.873. The van der Waals surface area contributed by atoms with Crippen LogP contribution in [0.4, 0.5) is 0 Å². The molecule has 2 atom stereocenters. The van der Waals surface area contributed by atoms with Gasteiger partial charge >= 0.3 is 0 Å². The fraction of sp³-hybridized carbons (Fsp3) is 0.611. The summed E-state index contributed by atoms with van der Waals surface area (Å²) in [4.78, 5) is 13.0. The van der Waals surface area contributed by atoms with E-state index in [1.165, 1.54) is 24.8 Å². The van der Waals surface area contributed by atoms with Crippen LogP contribution < -0.4 is 10.6 Å². The summed E-state index contributed by atoms with van der Waals surface area (Å²) < 4.78 is 0. The lowest BCUT2D eigenvalue weighted by Gasteiger charge is -2.37. The molecule has 3 rings (SSSR count). The van der Waals surface area contributed by atoms with Gasteiger partial charge in [0.15, 0.2) is 0 Å². The van der Waals surface area contributed by atoms with Crippen LogP contribution in [-0.2, 0) is 10.2 Å². The zero-order valence-corrected chi connectivity index (χ0v) is 12.9. The Morgan fingerprint density at radius 2 is 2.00 bits per heavy atom. The van der Waals surface area contributed by atoms with Crippen molar-refractivity contribution in [3.63, 3.8) is 0 Å². The van der Waals surface area contributed by atoms with E-state index in [2.05, 4.69) is 29.7 Å². The minimum atomic E-state index is -0.328. The third kappa shape index (κ3) is 2.98. The lowest BCUT2D eigenvalue weighted by Crippen LogP contribution is -2.51. The molecule has 21 heavy (non-hydrogen) atoms. The molecule has 3 nitrogen and oxygen atoms in total. The van der Waals surface area contributed by atoms with Crippen LogP contribution >= 0.6 is 0 Å². The Labute approximate surface area is 127 Å². The number of piperidine rings is 1. The first-order chi connectivity index (χ1) is 10.3. The summed E-state index contributed by atoms with van der Waals surface area (Å²) in [7, 11) is 0. The van der Waals surface area contributed by atoms with E-state index in [4.69, 9.17) is 0 Å². The highest BCUT2D eigenvalue weighted by molar-refractivity contribution is 5.89. The van der Waals surface area contributed by atoms with Crippen LogP contribution in [0.5, 0.6) is 0 Å². The van der Waals surface area contributed by atoms with Gasteiger partial charge in [-0.25, -0.2) is 0 Å². The van der Waals surface area contributed by atoms with Gasteiger partial charge in [-0.05, 0) is 50.3 Å². The number of amides is 1. The van der Waals surface area contributed by atoms with Crippen molar-refractivity contribution in [3.8, 4) is 0 Å². The molecule has 2 fully saturated rings. The molecule has 0 aromatic heterocycles. The van der Waals surface area contributed by atoms with Gasteiger partial charge in [-0.3, -0.25) is 4.79 Å². The molecule has 1 aromatic rings. The highest BCUT2D eigenvalue weighted by Gasteiger charge is 2.45. The van der Waals surface area contributed by atoms with Gasteiger partial charge in [0.2, 0.25) is 5.91 Å². The van der Waals surface area contributed by atoms with Crippen molar-refractivity contribution in [1.29, 1.82) is 0 Å². The highest BCUT2D eigenvalue weighted by Crippen LogP contribution is 2.38. The molecule has 114 valence electrons. The van der Waals surface area contributed by atoms with Crippen molar-refractivity contribution in [1.82, 2.24) is 10.6 Å². The SMILES string of the molecule is CCCC1CC1NC(=O)C1(c2ccccc2)CCNCC1. The predicted octanol–water partition coefficient (Wildman–Crippen LogP) is 2.61. The van der Waals surface area contributed by atoms with E-state index >= 15 is 0 Å². The predicted molar refractivity (Wildman–Crippen MR) is 85.2 cm³/mol. The van der Waals surface area contributed by atoms with E-state index in [1.54, 1.807) is 0 Å². The Kier molecular flexibility index (Phi) is 4.29. The molecule has 0 radical (unpaired) electrons. The van der Waals surface area contributed by atoms with Crippen molar-refractivity contribution in [3.05, 3.63) is 35.9 Å². The Morgan fingerprint density at radius 1 is 1.29 bits per heavy atom. The first-order valence-corrected chi connectivity index (χ1v) is 8.33. The molecule has 3 heteroatoms. The summed E-state index contributed by atoms with van der Waals surface area (Å²) in [5.41, 5.74) is 0.850. The molecule has 1 aromatic carbocycles. The van der Waals surface area contributed by atoms with E-state index in [9.17, 15) is 4.79 Å². The standard InChI is InChI=1S/C18H26N2O/c1-2-6-14-13-16(14)20-17(21)18(9-11-19-12-10-18)15-7-4-3-5-8-15/h3-5,7-8,14,16,19H,2,6,9-13H2,1H3,(H,20,21). The van der Waals surface area contributed by atoms with Gasteiger partial charge in [-0.15, -0.1) is 0 Å². The van der Waals surface area contributed by atoms with Gasteiger partial charge in [0.05, 0.1) is 5.41 Å². The number of benzene rings is 1. The summed E-state index contributed by atoms with van der Waals surface area (Å²) in [5, 5.41) is 6.71. The van der Waals surface area contributed by atoms with Crippen LogP contribution in [0.25, 0.3) is 0 Å². The number of carbonyl (C=O) groups is 1. The lowest BCUT2D eigenvalue weighted by molar-refractivity contribution is -0.128. The Morgan fingerprint density at radius 3 is 2.67 bits per heavy atom. The van der Waals surface area contributed by atoms with E-state index in [-0.39, 0.29) is 11.3 Å². The van der Waals surface area contributed by atoms with Gasteiger partial charge < -0.3 is 10.6 Å². The summed E-state index contributed by atoms with van der Waals surface area (Å²) in [6.45, 7) is 4.06. The second kappa shape index (κ2) is 6.18. The molecular formula is C18H26N2O. The highest BCUT2D eigenvalue weighted by atomic mass is 16.2. The molecule has 0 bridgehead atoms. The topological polar surface area (TPSA) is 41.1 Å². The number of hydrogen-bond donors (Lipinski definition) is 2. The zero-order chi connectivity index (χ0) is 14.7. The van der Waals surface area contributed by atoms with E-state index in [1.807, 2.05) is 18.2 Å². The van der Waals surface area contributed by atoms with Crippen LogP contribution in [0.3, 0.4) is 0 Å². The maximum absolute atomic E-state index is 13.0. The summed E-state index contributed by atoms with van der Waals surface area (Å²) in [5.74, 6) is 0.965. The molecule has 1 saturated carbocycles. The minimum Gasteiger partial charge on any atom is -0.352 e. The van der Waals surface area contributed by atoms with Crippen LogP contribution in [-0.4, -0.2) is 25.0 Å². The van der Waals surface area contributed by atoms with E-state index < -0.39 is 0 Å². The maximum Gasteiger partial charge on any atom is 0.230 e. The number of hydrogen-bond acceptors (Lipinski definition) is 2. The summed E-state index contributed by atoms with van der Waals surface area (Å²) in [6, 6.07) is 10.8. The number of nitrogens with one attached hydrogen (secondary N) is 2. The molecule has 1 amide bonds. The maximum atomic E-state index is 13.0. The fourth-order valence-corrected chi connectivity index (χ4v) is 3.68. The number of rotatable bonds is 5. The molecule has 2 unspecified atom stereocenters. The number of carbonyl (C=O) groups excluding carboxylic acids is 1. The van der Waals surface area contributed by atoms with Crippen molar-refractivity contribution < 1.29 is 4.79 Å². The van der Waals surface area contributed by atoms with Crippen molar-refractivity contribution in [2.75, 3.05) is 13.1 Å². The monoisotopic (exact) mass is 286 g/mol. The molecular weight excluding hydrogens is 260 g/mol. The molecule has 1 heterocycles. The van der Waals surface area contributed by atoms with Gasteiger partial charge in [0.25, 0.3) is 0 Å². The smallest absolute Gasteiger partial charge is 0.230 e. The van der Waals surface area contributed by atoms with Crippen molar-refractivity contribution in [2.45, 2.75) is 50.5 Å². The first-order valence-electron chi connectivity index (χ1n) is 8.33. The second-order valence-electron chi connectivity index (χ2n) is 6.56. The van der Waals surface area contributed by atoms with E-state index in [0.717, 1.165) is 25.9 Å².